The predicted octanol–water partition coefficient (Wildman–Crippen LogP) is 2.83. The molecular weight excluding hydrogens is 339 g/mol. The first kappa shape index (κ1) is 16.1. The number of amides is 2. The van der Waals surface area contributed by atoms with Crippen LogP contribution in [0.3, 0.4) is 0 Å². The van der Waals surface area contributed by atoms with Crippen molar-refractivity contribution >= 4 is 34.8 Å². The van der Waals surface area contributed by atoms with Gasteiger partial charge in [-0.25, -0.2) is 4.39 Å². The molecule has 124 valence electrons. The fraction of sp³-hybridized carbons (Fsp3) is 0.125. The van der Waals surface area contributed by atoms with Gasteiger partial charge in [-0.2, -0.15) is 0 Å². The van der Waals surface area contributed by atoms with Gasteiger partial charge in [0, 0.05) is 6.07 Å². The molecule has 0 unspecified atom stereocenters. The summed E-state index contributed by atoms with van der Waals surface area (Å²) in [5.41, 5.74) is 0.774. The lowest BCUT2D eigenvalue weighted by atomic mass is 10.2. The molecule has 6 nitrogen and oxygen atoms in total. The number of hydrogen-bond acceptors (Lipinski definition) is 4. The van der Waals surface area contributed by atoms with E-state index in [-0.39, 0.29) is 30.0 Å². The van der Waals surface area contributed by atoms with Crippen LogP contribution in [0.25, 0.3) is 0 Å². The molecule has 2 amide bonds. The molecule has 1 aliphatic heterocycles. The van der Waals surface area contributed by atoms with Crippen molar-refractivity contribution in [3.63, 3.8) is 0 Å². The van der Waals surface area contributed by atoms with Crippen LogP contribution in [-0.4, -0.2) is 25.0 Å². The zero-order valence-corrected chi connectivity index (χ0v) is 13.0. The number of nitrogens with one attached hydrogen (secondary N) is 2. The third kappa shape index (κ3) is 3.75. The van der Waals surface area contributed by atoms with Gasteiger partial charge >= 0.3 is 0 Å². The number of halogens is 2. The maximum Gasteiger partial charge on any atom is 0.262 e. The van der Waals surface area contributed by atoms with Gasteiger partial charge in [0.15, 0.2) is 13.2 Å². The Kier molecular flexibility index (Phi) is 4.52. The summed E-state index contributed by atoms with van der Waals surface area (Å²) in [5.74, 6) is -0.327. The molecular formula is C16H12ClFN2O4. The van der Waals surface area contributed by atoms with Gasteiger partial charge in [-0.05, 0) is 30.3 Å². The highest BCUT2D eigenvalue weighted by Gasteiger charge is 2.19. The number of rotatable bonds is 4. The molecule has 8 heteroatoms. The first-order valence-corrected chi connectivity index (χ1v) is 7.33. The summed E-state index contributed by atoms with van der Waals surface area (Å²) in [6.45, 7) is -0.369. The van der Waals surface area contributed by atoms with Crippen LogP contribution in [0.1, 0.15) is 0 Å². The van der Waals surface area contributed by atoms with Gasteiger partial charge in [0.2, 0.25) is 0 Å². The fourth-order valence-corrected chi connectivity index (χ4v) is 2.27. The van der Waals surface area contributed by atoms with Crippen molar-refractivity contribution in [2.75, 3.05) is 23.8 Å². The topological polar surface area (TPSA) is 76.7 Å². The average molecular weight is 351 g/mol. The monoisotopic (exact) mass is 350 g/mol. The highest BCUT2D eigenvalue weighted by molar-refractivity contribution is 6.34. The van der Waals surface area contributed by atoms with Crippen molar-refractivity contribution in [2.45, 2.75) is 0 Å². The molecule has 0 aliphatic carbocycles. The Morgan fingerprint density at radius 1 is 1.33 bits per heavy atom. The lowest BCUT2D eigenvalue weighted by molar-refractivity contribution is -0.119. The normalized spacial score (nSPS) is 12.7. The molecule has 0 radical (unpaired) electrons. The molecule has 0 spiro atoms. The zero-order chi connectivity index (χ0) is 17.1. The van der Waals surface area contributed by atoms with Crippen LogP contribution < -0.4 is 20.1 Å². The summed E-state index contributed by atoms with van der Waals surface area (Å²) >= 11 is 6.08. The summed E-state index contributed by atoms with van der Waals surface area (Å²) in [7, 11) is 0. The number of carbonyl (C=O) groups excluding carboxylic acids is 2. The largest absolute Gasteiger partial charge is 0.484 e. The number of carbonyl (C=O) groups is 2. The Bertz CT molecular complexity index is 795. The van der Waals surface area contributed by atoms with Crippen LogP contribution in [0.5, 0.6) is 11.5 Å². The molecule has 0 saturated carbocycles. The van der Waals surface area contributed by atoms with Gasteiger partial charge in [-0.15, -0.1) is 0 Å². The molecule has 0 saturated heterocycles. The minimum Gasteiger partial charge on any atom is -0.484 e. The van der Waals surface area contributed by atoms with Crippen LogP contribution in [-0.2, 0) is 9.59 Å². The third-order valence-electron chi connectivity index (χ3n) is 3.16. The Balaban J connectivity index is 1.64. The Labute approximate surface area is 141 Å². The third-order valence-corrected chi connectivity index (χ3v) is 3.47. The van der Waals surface area contributed by atoms with E-state index in [0.717, 1.165) is 0 Å². The van der Waals surface area contributed by atoms with Crippen molar-refractivity contribution in [3.8, 4) is 11.5 Å². The molecule has 0 aromatic heterocycles. The SMILES string of the molecule is O=C(COc1ccc(F)cc1)Nc1cc2c(cc1Cl)NC(=O)CO2. The smallest absolute Gasteiger partial charge is 0.262 e. The highest BCUT2D eigenvalue weighted by atomic mass is 35.5. The van der Waals surface area contributed by atoms with Crippen LogP contribution >= 0.6 is 11.6 Å². The van der Waals surface area contributed by atoms with Gasteiger partial charge in [0.1, 0.15) is 17.3 Å². The number of ether oxygens (including phenoxy) is 2. The molecule has 1 heterocycles. The Morgan fingerprint density at radius 3 is 2.83 bits per heavy atom. The average Bonchev–Trinajstić information content (AvgIpc) is 2.55. The summed E-state index contributed by atoms with van der Waals surface area (Å²) < 4.78 is 23.3. The van der Waals surface area contributed by atoms with Crippen molar-refractivity contribution in [1.82, 2.24) is 0 Å². The van der Waals surface area contributed by atoms with E-state index < -0.39 is 5.91 Å². The molecule has 3 rings (SSSR count). The van der Waals surface area contributed by atoms with Crippen LogP contribution in [0.2, 0.25) is 5.02 Å². The Hall–Kier alpha value is -2.80. The van der Waals surface area contributed by atoms with E-state index in [2.05, 4.69) is 10.6 Å². The van der Waals surface area contributed by atoms with Gasteiger partial charge in [0.05, 0.1) is 16.4 Å². The number of benzene rings is 2. The van der Waals surface area contributed by atoms with E-state index in [1.54, 1.807) is 0 Å². The number of hydrogen-bond donors (Lipinski definition) is 2. The van der Waals surface area contributed by atoms with Crippen LogP contribution in [0.15, 0.2) is 36.4 Å². The van der Waals surface area contributed by atoms with E-state index in [4.69, 9.17) is 21.1 Å². The lowest BCUT2D eigenvalue weighted by Gasteiger charge is -2.19. The van der Waals surface area contributed by atoms with E-state index in [0.29, 0.717) is 22.9 Å². The van der Waals surface area contributed by atoms with Gasteiger partial charge in [0.25, 0.3) is 11.8 Å². The molecule has 2 aromatic carbocycles. The molecule has 0 bridgehead atoms. The minimum absolute atomic E-state index is 0.101. The number of fused-ring (bicyclic) bond motifs is 1. The first-order chi connectivity index (χ1) is 11.5. The van der Waals surface area contributed by atoms with E-state index in [1.165, 1.54) is 36.4 Å². The molecule has 2 aromatic rings. The minimum atomic E-state index is -0.443. The van der Waals surface area contributed by atoms with Crippen molar-refractivity contribution in [2.24, 2.45) is 0 Å². The number of anilines is 2. The van der Waals surface area contributed by atoms with Gasteiger partial charge < -0.3 is 20.1 Å². The molecule has 0 atom stereocenters. The van der Waals surface area contributed by atoms with E-state index in [9.17, 15) is 14.0 Å². The quantitative estimate of drug-likeness (QED) is 0.889. The summed E-state index contributed by atoms with van der Waals surface area (Å²) in [5, 5.41) is 5.45. The van der Waals surface area contributed by atoms with E-state index >= 15 is 0 Å². The summed E-state index contributed by atoms with van der Waals surface area (Å²) in [4.78, 5) is 23.2. The second-order valence-electron chi connectivity index (χ2n) is 4.96. The van der Waals surface area contributed by atoms with Crippen molar-refractivity contribution < 1.29 is 23.5 Å². The lowest BCUT2D eigenvalue weighted by Crippen LogP contribution is -2.26. The molecule has 1 aliphatic rings. The van der Waals surface area contributed by atoms with Gasteiger partial charge in [-0.3, -0.25) is 9.59 Å². The summed E-state index contributed by atoms with van der Waals surface area (Å²) in [6.07, 6.45) is 0. The zero-order valence-electron chi connectivity index (χ0n) is 12.3. The highest BCUT2D eigenvalue weighted by Crippen LogP contribution is 2.36. The van der Waals surface area contributed by atoms with Crippen LogP contribution in [0, 0.1) is 5.82 Å². The van der Waals surface area contributed by atoms with Crippen LogP contribution in [0.4, 0.5) is 15.8 Å². The van der Waals surface area contributed by atoms with Gasteiger partial charge in [-0.1, -0.05) is 11.6 Å². The molecule has 0 fully saturated rings. The molecule has 24 heavy (non-hydrogen) atoms. The Morgan fingerprint density at radius 2 is 2.08 bits per heavy atom. The van der Waals surface area contributed by atoms with E-state index in [1.807, 2.05) is 0 Å². The summed E-state index contributed by atoms with van der Waals surface area (Å²) in [6, 6.07) is 8.33. The predicted molar refractivity (Wildman–Crippen MR) is 86.1 cm³/mol. The first-order valence-electron chi connectivity index (χ1n) is 6.95. The van der Waals surface area contributed by atoms with Crippen molar-refractivity contribution in [3.05, 3.63) is 47.2 Å². The van der Waals surface area contributed by atoms with Crippen molar-refractivity contribution in [1.29, 1.82) is 0 Å². The standard InChI is InChI=1S/C16H12ClFN2O4/c17-11-5-13-14(24-8-16(22)20-13)6-12(11)19-15(21)7-23-10-3-1-9(18)2-4-10/h1-6H,7-8H2,(H,19,21)(H,20,22). The second-order valence-corrected chi connectivity index (χ2v) is 5.36. The maximum absolute atomic E-state index is 12.8. The maximum atomic E-state index is 12.8. The fourth-order valence-electron chi connectivity index (χ4n) is 2.06. The molecule has 2 N–H and O–H groups in total. The second kappa shape index (κ2) is 6.76.